The predicted molar refractivity (Wildman–Crippen MR) is 123 cm³/mol. The second-order valence-corrected chi connectivity index (χ2v) is 8.12. The molecule has 0 spiro atoms. The van der Waals surface area contributed by atoms with E-state index in [4.69, 9.17) is 15.7 Å². The van der Waals surface area contributed by atoms with Crippen LogP contribution in [0.2, 0.25) is 5.72 Å². The Morgan fingerprint density at radius 2 is 2.12 bits per heavy atom. The number of likely N-dealkylation sites (tertiary alicyclic amines) is 1. The largest absolute Gasteiger partial charge is 0.391 e. The Bertz CT molecular complexity index is 1180. The van der Waals surface area contributed by atoms with Crippen LogP contribution in [0.5, 0.6) is 0 Å². The Balaban J connectivity index is 1.65. The summed E-state index contributed by atoms with van der Waals surface area (Å²) in [6, 6.07) is 3.91. The Hall–Kier alpha value is -3.18. The maximum Gasteiger partial charge on any atom is 0.322 e. The van der Waals surface area contributed by atoms with E-state index in [1.807, 2.05) is 0 Å². The van der Waals surface area contributed by atoms with E-state index in [0.717, 1.165) is 18.2 Å². The molecule has 1 aromatic carbocycles. The van der Waals surface area contributed by atoms with E-state index in [9.17, 15) is 23.8 Å². The first-order valence-corrected chi connectivity index (χ1v) is 10.7. The second-order valence-electron chi connectivity index (χ2n) is 8.12. The summed E-state index contributed by atoms with van der Waals surface area (Å²) in [5.74, 6) is -1.29. The van der Waals surface area contributed by atoms with Gasteiger partial charge in [-0.25, -0.2) is 23.1 Å². The Kier molecular flexibility index (Phi) is 7.03. The number of nitrogens with zero attached hydrogens (tertiary/aromatic N) is 5. The van der Waals surface area contributed by atoms with Gasteiger partial charge in [-0.3, -0.25) is 0 Å². The van der Waals surface area contributed by atoms with Crippen LogP contribution in [0.4, 0.5) is 25.1 Å². The third kappa shape index (κ3) is 5.15. The number of nitrogens with one attached hydrogen (secondary N) is 1. The van der Waals surface area contributed by atoms with E-state index >= 15 is 0 Å². The Morgan fingerprint density at radius 3 is 2.82 bits per heavy atom. The number of hydrogen-bond donors (Lipinski definition) is 3. The maximum absolute atomic E-state index is 14.4. The van der Waals surface area contributed by atoms with Gasteiger partial charge in [-0.05, 0) is 37.1 Å². The van der Waals surface area contributed by atoms with Crippen molar-refractivity contribution in [2.24, 2.45) is 0 Å². The molecule has 9 nitrogen and oxygen atoms in total. The van der Waals surface area contributed by atoms with Gasteiger partial charge in [0.2, 0.25) is 0 Å². The van der Waals surface area contributed by atoms with Gasteiger partial charge in [-0.1, -0.05) is 0 Å². The molecule has 0 saturated carbocycles. The number of amides is 2. The van der Waals surface area contributed by atoms with E-state index in [2.05, 4.69) is 15.4 Å². The monoisotopic (exact) mass is 466 g/mol. The molecule has 13 heteroatoms. The standard InChI is InChI=1S/C21H22B2F2N6O3/c22-17(23)4-7-30(20(33)14-9-12(24)1-2-15(14)25)18-5-8-31-19(28-18)16(10-26-31)27-21(34)29-6-3-13(32)11-29/h1-2,5,8-10,13,17,20,32-33H,3-4,6-7,11H2,(H,27,34). The van der Waals surface area contributed by atoms with Crippen molar-refractivity contribution in [3.63, 3.8) is 0 Å². The van der Waals surface area contributed by atoms with Crippen LogP contribution >= 0.6 is 0 Å². The van der Waals surface area contributed by atoms with Crippen molar-refractivity contribution in [3.8, 4) is 0 Å². The van der Waals surface area contributed by atoms with Crippen LogP contribution < -0.4 is 10.2 Å². The fourth-order valence-electron chi connectivity index (χ4n) is 3.76. The molecule has 2 unspecified atom stereocenters. The highest BCUT2D eigenvalue weighted by molar-refractivity contribution is 6.35. The molecule has 3 N–H and O–H groups in total. The molecule has 2 atom stereocenters. The van der Waals surface area contributed by atoms with E-state index in [-0.39, 0.29) is 36.5 Å². The number of aromatic nitrogens is 3. The van der Waals surface area contributed by atoms with Crippen LogP contribution in [0.1, 0.15) is 24.6 Å². The zero-order valence-corrected chi connectivity index (χ0v) is 18.2. The molecule has 0 bridgehead atoms. The van der Waals surface area contributed by atoms with Crippen LogP contribution in [0.15, 0.2) is 36.7 Å². The average Bonchev–Trinajstić information content (AvgIpc) is 3.41. The summed E-state index contributed by atoms with van der Waals surface area (Å²) in [7, 11) is 11.3. The lowest BCUT2D eigenvalue weighted by molar-refractivity contribution is 0.165. The number of carbonyl (C=O) groups excluding carboxylic acids is 1. The lowest BCUT2D eigenvalue weighted by atomic mass is 9.69. The highest BCUT2D eigenvalue weighted by Gasteiger charge is 2.26. The molecule has 34 heavy (non-hydrogen) atoms. The van der Waals surface area contributed by atoms with Gasteiger partial charge >= 0.3 is 6.03 Å². The minimum Gasteiger partial charge on any atom is -0.391 e. The zero-order valence-electron chi connectivity index (χ0n) is 18.2. The average molecular weight is 466 g/mol. The van der Waals surface area contributed by atoms with Gasteiger partial charge in [0.15, 0.2) is 11.9 Å². The van der Waals surface area contributed by atoms with Gasteiger partial charge in [0.25, 0.3) is 0 Å². The quantitative estimate of drug-likeness (QED) is 0.361. The number of rotatable bonds is 7. The van der Waals surface area contributed by atoms with Gasteiger partial charge in [-0.2, -0.15) is 5.10 Å². The first-order valence-electron chi connectivity index (χ1n) is 10.7. The molecule has 174 valence electrons. The molecule has 2 amide bonds. The van der Waals surface area contributed by atoms with E-state index in [0.29, 0.717) is 18.7 Å². The van der Waals surface area contributed by atoms with Gasteiger partial charge in [0.05, 0.1) is 28.0 Å². The molecule has 4 rings (SSSR count). The van der Waals surface area contributed by atoms with Crippen LogP contribution in [-0.2, 0) is 0 Å². The number of carbonyl (C=O) groups is 1. The van der Waals surface area contributed by atoms with Gasteiger partial charge in [-0.15, -0.1) is 5.72 Å². The summed E-state index contributed by atoms with van der Waals surface area (Å²) in [6.07, 6.45) is 1.54. The van der Waals surface area contributed by atoms with E-state index in [1.54, 1.807) is 6.20 Å². The highest BCUT2D eigenvalue weighted by Crippen LogP contribution is 2.29. The van der Waals surface area contributed by atoms with Crippen LogP contribution in [-0.4, -0.2) is 77.2 Å². The van der Waals surface area contributed by atoms with Crippen LogP contribution in [0.3, 0.4) is 0 Å². The number of halogens is 2. The fourth-order valence-corrected chi connectivity index (χ4v) is 3.76. The third-order valence-electron chi connectivity index (χ3n) is 5.58. The minimum atomic E-state index is -1.59. The number of anilines is 2. The first-order chi connectivity index (χ1) is 16.2. The molecular weight excluding hydrogens is 444 g/mol. The summed E-state index contributed by atoms with van der Waals surface area (Å²) in [5.41, 5.74) is -0.423. The van der Waals surface area contributed by atoms with Crippen molar-refractivity contribution in [1.29, 1.82) is 0 Å². The molecule has 1 aliphatic heterocycles. The van der Waals surface area contributed by atoms with Crippen molar-refractivity contribution in [1.82, 2.24) is 19.5 Å². The summed E-state index contributed by atoms with van der Waals surface area (Å²) >= 11 is 0. The SMILES string of the molecule is [B]C([B])CCN(c1ccn2ncc(NC(=O)N3CCC(O)C3)c2n1)C(O)c1cc(F)ccc1F. The number of aliphatic hydroxyl groups is 2. The van der Waals surface area contributed by atoms with Crippen LogP contribution in [0, 0.1) is 11.6 Å². The van der Waals surface area contributed by atoms with Crippen LogP contribution in [0.25, 0.3) is 5.65 Å². The van der Waals surface area contributed by atoms with Crippen molar-refractivity contribution < 1.29 is 23.8 Å². The molecule has 2 aromatic heterocycles. The second kappa shape index (κ2) is 9.98. The Labute approximate surface area is 197 Å². The van der Waals surface area contributed by atoms with Crippen molar-refractivity contribution >= 4 is 38.9 Å². The Morgan fingerprint density at radius 1 is 1.32 bits per heavy atom. The summed E-state index contributed by atoms with van der Waals surface area (Å²) in [6.45, 7) is 0.727. The molecule has 4 radical (unpaired) electrons. The third-order valence-corrected chi connectivity index (χ3v) is 5.58. The number of aliphatic hydroxyl groups excluding tert-OH is 2. The van der Waals surface area contributed by atoms with Gasteiger partial charge < -0.3 is 25.3 Å². The molecule has 3 heterocycles. The van der Waals surface area contributed by atoms with E-state index in [1.165, 1.54) is 26.6 Å². The topological polar surface area (TPSA) is 106 Å². The maximum atomic E-state index is 14.4. The number of benzene rings is 1. The molecule has 0 aliphatic carbocycles. The number of fused-ring (bicyclic) bond motifs is 1. The molecule has 1 saturated heterocycles. The molecule has 1 aliphatic rings. The number of β-amino-alcohol motifs (C(OH)–C–C–N with tert-alkyl or cyclic N) is 1. The fraction of sp³-hybridized carbons (Fsp3) is 0.381. The van der Waals surface area contributed by atoms with Crippen molar-refractivity contribution in [2.45, 2.75) is 30.9 Å². The number of urea groups is 1. The van der Waals surface area contributed by atoms with Crippen molar-refractivity contribution in [3.05, 3.63) is 53.9 Å². The zero-order chi connectivity index (χ0) is 24.4. The number of hydrogen-bond acceptors (Lipinski definition) is 6. The van der Waals surface area contributed by atoms with Crippen molar-refractivity contribution in [2.75, 3.05) is 29.9 Å². The molecule has 3 aromatic rings. The lowest BCUT2D eigenvalue weighted by Gasteiger charge is -2.30. The summed E-state index contributed by atoms with van der Waals surface area (Å²) in [4.78, 5) is 19.8. The normalized spacial score (nSPS) is 16.9. The summed E-state index contributed by atoms with van der Waals surface area (Å²) < 4.78 is 29.5. The lowest BCUT2D eigenvalue weighted by Crippen LogP contribution is -2.33. The summed E-state index contributed by atoms with van der Waals surface area (Å²) in [5, 5.41) is 27.5. The first kappa shape index (κ1) is 24.0. The highest BCUT2D eigenvalue weighted by atomic mass is 19.1. The molecular formula is C21H22B2F2N6O3. The smallest absolute Gasteiger partial charge is 0.322 e. The van der Waals surface area contributed by atoms with Gasteiger partial charge in [0.1, 0.15) is 23.1 Å². The van der Waals surface area contributed by atoms with E-state index < -0.39 is 35.7 Å². The van der Waals surface area contributed by atoms with Gasteiger partial charge in [0, 0.05) is 31.4 Å². The predicted octanol–water partition coefficient (Wildman–Crippen LogP) is 1.58. The molecule has 1 fully saturated rings. The minimum absolute atomic E-state index is 0.0828.